The summed E-state index contributed by atoms with van der Waals surface area (Å²) in [5, 5.41) is 0. The average Bonchev–Trinajstić information content (AvgIpc) is 3.26. The van der Waals surface area contributed by atoms with Crippen molar-refractivity contribution < 1.29 is 13.5 Å². The molecule has 3 rings (SSSR count). The number of hydrogen-bond donors (Lipinski definition) is 0. The predicted octanol–water partition coefficient (Wildman–Crippen LogP) is 5.15. The zero-order chi connectivity index (χ0) is 15.5. The molecule has 0 amide bonds. The summed E-state index contributed by atoms with van der Waals surface area (Å²) < 4.78 is 32.0. The maximum Gasteiger partial charge on any atom is 0.129 e. The van der Waals surface area contributed by atoms with E-state index in [0.29, 0.717) is 12.0 Å². The first-order valence-corrected chi connectivity index (χ1v) is 8.30. The summed E-state index contributed by atoms with van der Waals surface area (Å²) >= 11 is 0. The minimum Gasteiger partial charge on any atom is -0.378 e. The molecule has 2 aliphatic rings. The Kier molecular flexibility index (Phi) is 4.92. The molecule has 1 heterocycles. The molecule has 1 aliphatic carbocycles. The number of halogens is 2. The highest BCUT2D eigenvalue weighted by Gasteiger charge is 2.45. The van der Waals surface area contributed by atoms with E-state index in [9.17, 15) is 8.78 Å². The van der Waals surface area contributed by atoms with Crippen LogP contribution in [0.5, 0.6) is 0 Å². The quantitative estimate of drug-likeness (QED) is 0.731. The Labute approximate surface area is 131 Å². The van der Waals surface area contributed by atoms with E-state index in [2.05, 4.69) is 13.0 Å². The molecule has 1 aliphatic heterocycles. The second-order valence-electron chi connectivity index (χ2n) is 6.84. The van der Waals surface area contributed by atoms with Crippen LogP contribution in [0.1, 0.15) is 43.7 Å². The standard InChI is InChI=1S/C19H24F2O/c1-13-8-16-10-17(16)19(22-12-13)5-3-2-4-14-6-7-15(11-20)18(21)9-14/h2,4,6-7,9,13,16-17,19H,3,5,8,10-12H2,1H3/b4-2+. The van der Waals surface area contributed by atoms with Gasteiger partial charge < -0.3 is 4.74 Å². The van der Waals surface area contributed by atoms with Gasteiger partial charge >= 0.3 is 0 Å². The molecule has 2 fully saturated rings. The molecule has 120 valence electrons. The van der Waals surface area contributed by atoms with Crippen LogP contribution in [0, 0.1) is 23.6 Å². The lowest BCUT2D eigenvalue weighted by Crippen LogP contribution is -2.16. The summed E-state index contributed by atoms with van der Waals surface area (Å²) in [5.74, 6) is 1.87. The van der Waals surface area contributed by atoms with Gasteiger partial charge in [0.2, 0.25) is 0 Å². The van der Waals surface area contributed by atoms with Gasteiger partial charge in [-0.15, -0.1) is 0 Å². The van der Waals surface area contributed by atoms with Gasteiger partial charge in [-0.2, -0.15) is 0 Å². The van der Waals surface area contributed by atoms with Crippen LogP contribution in [0.3, 0.4) is 0 Å². The zero-order valence-corrected chi connectivity index (χ0v) is 13.1. The van der Waals surface area contributed by atoms with Crippen LogP contribution < -0.4 is 0 Å². The van der Waals surface area contributed by atoms with E-state index in [0.717, 1.165) is 36.8 Å². The number of fused-ring (bicyclic) bond motifs is 1. The van der Waals surface area contributed by atoms with Crippen molar-refractivity contribution in [2.45, 2.75) is 45.4 Å². The number of rotatable bonds is 5. The van der Waals surface area contributed by atoms with Gasteiger partial charge in [-0.3, -0.25) is 0 Å². The molecular weight excluding hydrogens is 282 g/mol. The van der Waals surface area contributed by atoms with Crippen LogP contribution in [0.25, 0.3) is 6.08 Å². The Morgan fingerprint density at radius 2 is 2.18 bits per heavy atom. The number of benzene rings is 1. The van der Waals surface area contributed by atoms with Gasteiger partial charge in [0, 0.05) is 12.2 Å². The second-order valence-corrected chi connectivity index (χ2v) is 6.84. The van der Waals surface area contributed by atoms with Crippen molar-refractivity contribution in [2.75, 3.05) is 6.61 Å². The number of alkyl halides is 1. The highest BCUT2D eigenvalue weighted by atomic mass is 19.1. The first-order valence-electron chi connectivity index (χ1n) is 8.30. The first kappa shape index (κ1) is 15.7. The largest absolute Gasteiger partial charge is 0.378 e. The summed E-state index contributed by atoms with van der Waals surface area (Å²) in [4.78, 5) is 0. The number of ether oxygens (including phenoxy) is 1. The number of allylic oxidation sites excluding steroid dienone is 1. The van der Waals surface area contributed by atoms with E-state index < -0.39 is 12.5 Å². The summed E-state index contributed by atoms with van der Waals surface area (Å²) in [6.07, 6.45) is 8.99. The van der Waals surface area contributed by atoms with Crippen LogP contribution in [0.2, 0.25) is 0 Å². The lowest BCUT2D eigenvalue weighted by atomic mass is 10.0. The Bertz CT molecular complexity index is 540. The first-order chi connectivity index (χ1) is 10.7. The van der Waals surface area contributed by atoms with Crippen LogP contribution in [0.15, 0.2) is 24.3 Å². The molecule has 22 heavy (non-hydrogen) atoms. The predicted molar refractivity (Wildman–Crippen MR) is 84.6 cm³/mol. The monoisotopic (exact) mass is 306 g/mol. The van der Waals surface area contributed by atoms with Crippen molar-refractivity contribution >= 4 is 6.08 Å². The summed E-state index contributed by atoms with van der Waals surface area (Å²) in [6.45, 7) is 2.40. The average molecular weight is 306 g/mol. The van der Waals surface area contributed by atoms with Crippen molar-refractivity contribution in [3.8, 4) is 0 Å². The third-order valence-corrected chi connectivity index (χ3v) is 4.90. The molecule has 1 saturated carbocycles. The molecule has 1 aromatic carbocycles. The van der Waals surface area contributed by atoms with E-state index in [4.69, 9.17) is 4.74 Å². The Morgan fingerprint density at radius 3 is 2.95 bits per heavy atom. The molecule has 0 bridgehead atoms. The van der Waals surface area contributed by atoms with Gasteiger partial charge in [-0.25, -0.2) is 8.78 Å². The van der Waals surface area contributed by atoms with Crippen LogP contribution in [-0.4, -0.2) is 12.7 Å². The Hall–Kier alpha value is -1.22. The normalized spacial score (nSPS) is 31.0. The lowest BCUT2D eigenvalue weighted by Gasteiger charge is -2.16. The summed E-state index contributed by atoms with van der Waals surface area (Å²) in [6, 6.07) is 4.67. The van der Waals surface area contributed by atoms with Crippen molar-refractivity contribution in [2.24, 2.45) is 17.8 Å². The van der Waals surface area contributed by atoms with Gasteiger partial charge in [-0.1, -0.05) is 31.2 Å². The highest BCUT2D eigenvalue weighted by Crippen LogP contribution is 2.49. The molecule has 4 unspecified atom stereocenters. The molecule has 1 saturated heterocycles. The van der Waals surface area contributed by atoms with E-state index in [1.54, 1.807) is 6.07 Å². The molecule has 1 aromatic rings. The van der Waals surface area contributed by atoms with Crippen molar-refractivity contribution in [1.29, 1.82) is 0 Å². The van der Waals surface area contributed by atoms with Crippen molar-refractivity contribution in [3.63, 3.8) is 0 Å². The summed E-state index contributed by atoms with van der Waals surface area (Å²) in [7, 11) is 0. The van der Waals surface area contributed by atoms with Gasteiger partial charge in [0.05, 0.1) is 6.10 Å². The Morgan fingerprint density at radius 1 is 1.32 bits per heavy atom. The lowest BCUT2D eigenvalue weighted by molar-refractivity contribution is 0.0248. The van der Waals surface area contributed by atoms with Crippen LogP contribution >= 0.6 is 0 Å². The molecule has 3 heteroatoms. The third-order valence-electron chi connectivity index (χ3n) is 4.90. The number of hydrogen-bond acceptors (Lipinski definition) is 1. The maximum atomic E-state index is 13.5. The fourth-order valence-electron chi connectivity index (χ4n) is 3.55. The van der Waals surface area contributed by atoms with Crippen molar-refractivity contribution in [3.05, 3.63) is 41.2 Å². The Balaban J connectivity index is 1.49. The van der Waals surface area contributed by atoms with Crippen LogP contribution in [-0.2, 0) is 11.4 Å². The molecule has 0 N–H and O–H groups in total. The molecule has 0 radical (unpaired) electrons. The topological polar surface area (TPSA) is 9.23 Å². The van der Waals surface area contributed by atoms with E-state index in [1.807, 2.05) is 6.08 Å². The van der Waals surface area contributed by atoms with E-state index in [-0.39, 0.29) is 5.56 Å². The third kappa shape index (κ3) is 3.75. The molecule has 4 atom stereocenters. The van der Waals surface area contributed by atoms with Crippen molar-refractivity contribution in [1.82, 2.24) is 0 Å². The minimum absolute atomic E-state index is 0.123. The maximum absolute atomic E-state index is 13.5. The van der Waals surface area contributed by atoms with Gasteiger partial charge in [0.1, 0.15) is 12.5 Å². The van der Waals surface area contributed by atoms with E-state index in [1.165, 1.54) is 25.0 Å². The molecular formula is C19H24F2O. The van der Waals surface area contributed by atoms with Gasteiger partial charge in [0.25, 0.3) is 0 Å². The smallest absolute Gasteiger partial charge is 0.129 e. The zero-order valence-electron chi connectivity index (χ0n) is 13.1. The van der Waals surface area contributed by atoms with Gasteiger partial charge in [-0.05, 0) is 55.1 Å². The van der Waals surface area contributed by atoms with Gasteiger partial charge in [0.15, 0.2) is 0 Å². The van der Waals surface area contributed by atoms with E-state index >= 15 is 0 Å². The molecule has 0 spiro atoms. The molecule has 0 aromatic heterocycles. The van der Waals surface area contributed by atoms with Crippen LogP contribution in [0.4, 0.5) is 8.78 Å². The SMILES string of the molecule is CC1COC(CC/C=C/c2ccc(CF)c(F)c2)C2CC2C1. The summed E-state index contributed by atoms with van der Waals surface area (Å²) in [5.41, 5.74) is 0.910. The fourth-order valence-corrected chi connectivity index (χ4v) is 3.55. The highest BCUT2D eigenvalue weighted by molar-refractivity contribution is 5.49. The second kappa shape index (κ2) is 6.91. The molecule has 1 nitrogen and oxygen atoms in total. The fraction of sp³-hybridized carbons (Fsp3) is 0.579. The minimum atomic E-state index is -0.754.